The summed E-state index contributed by atoms with van der Waals surface area (Å²) in [5.74, 6) is 4.28. The fourth-order valence-corrected chi connectivity index (χ4v) is 1.36. The Kier molecular flexibility index (Phi) is 4.11. The van der Waals surface area contributed by atoms with Crippen LogP contribution in [0, 0.1) is 19.3 Å². The van der Waals surface area contributed by atoms with Gasteiger partial charge in [-0.25, -0.2) is 9.97 Å². The molecule has 0 spiro atoms. The van der Waals surface area contributed by atoms with Gasteiger partial charge in [-0.2, -0.15) is 0 Å². The van der Waals surface area contributed by atoms with Gasteiger partial charge in [-0.1, -0.05) is 6.92 Å². The summed E-state index contributed by atoms with van der Waals surface area (Å²) in [5.41, 5.74) is 1.05. The van der Waals surface area contributed by atoms with Crippen molar-refractivity contribution in [2.75, 3.05) is 5.32 Å². The molecule has 1 N–H and O–H groups in total. The summed E-state index contributed by atoms with van der Waals surface area (Å²) in [4.78, 5) is 8.63. The molecule has 1 aromatic heterocycles. The zero-order valence-electron chi connectivity index (χ0n) is 9.54. The first kappa shape index (κ1) is 11.5. The van der Waals surface area contributed by atoms with Gasteiger partial charge in [-0.3, -0.25) is 0 Å². The van der Waals surface area contributed by atoms with E-state index >= 15 is 0 Å². The van der Waals surface area contributed by atoms with Gasteiger partial charge in [-0.05, 0) is 20.3 Å². The smallest absolute Gasteiger partial charge is 0.130 e. The third kappa shape index (κ3) is 3.59. The largest absolute Gasteiger partial charge is 0.367 e. The average Bonchev–Trinajstić information content (AvgIpc) is 2.17. The number of hydrogen-bond donors (Lipinski definition) is 1. The number of nitrogens with one attached hydrogen (secondary N) is 1. The molecule has 1 unspecified atom stereocenters. The van der Waals surface area contributed by atoms with E-state index in [1.165, 1.54) is 0 Å². The first-order valence-electron chi connectivity index (χ1n) is 5.20. The second-order valence-corrected chi connectivity index (χ2v) is 3.60. The highest BCUT2D eigenvalue weighted by molar-refractivity contribution is 5.37. The zero-order chi connectivity index (χ0) is 11.3. The van der Waals surface area contributed by atoms with Gasteiger partial charge in [0.25, 0.3) is 0 Å². The van der Waals surface area contributed by atoms with Crippen LogP contribution in [-0.2, 0) is 6.42 Å². The first-order chi connectivity index (χ1) is 7.15. The molecule has 0 amide bonds. The molecule has 15 heavy (non-hydrogen) atoms. The van der Waals surface area contributed by atoms with E-state index in [4.69, 9.17) is 6.42 Å². The van der Waals surface area contributed by atoms with Crippen LogP contribution in [0.25, 0.3) is 0 Å². The Morgan fingerprint density at radius 1 is 1.53 bits per heavy atom. The molecule has 0 aromatic carbocycles. The van der Waals surface area contributed by atoms with Crippen molar-refractivity contribution in [3.05, 3.63) is 17.6 Å². The Bertz CT molecular complexity index is 366. The molecular weight excluding hydrogens is 186 g/mol. The molecule has 0 aliphatic heterocycles. The van der Waals surface area contributed by atoms with Gasteiger partial charge >= 0.3 is 0 Å². The molecule has 0 aliphatic rings. The zero-order valence-corrected chi connectivity index (χ0v) is 9.54. The van der Waals surface area contributed by atoms with Gasteiger partial charge in [0.2, 0.25) is 0 Å². The predicted molar refractivity (Wildman–Crippen MR) is 62.7 cm³/mol. The van der Waals surface area contributed by atoms with Crippen molar-refractivity contribution in [3.63, 3.8) is 0 Å². The lowest BCUT2D eigenvalue weighted by atomic mass is 10.2. The Balaban J connectivity index is 2.77. The monoisotopic (exact) mass is 203 g/mol. The predicted octanol–water partition coefficient (Wildman–Crippen LogP) is 2.17. The van der Waals surface area contributed by atoms with E-state index in [2.05, 4.69) is 28.1 Å². The van der Waals surface area contributed by atoms with E-state index in [1.54, 1.807) is 0 Å². The van der Waals surface area contributed by atoms with E-state index in [0.717, 1.165) is 23.8 Å². The van der Waals surface area contributed by atoms with E-state index in [-0.39, 0.29) is 6.04 Å². The Hall–Kier alpha value is -1.56. The van der Waals surface area contributed by atoms with E-state index in [0.29, 0.717) is 6.42 Å². The topological polar surface area (TPSA) is 37.8 Å². The minimum absolute atomic E-state index is 0.244. The summed E-state index contributed by atoms with van der Waals surface area (Å²) >= 11 is 0. The molecule has 1 atom stereocenters. The summed E-state index contributed by atoms with van der Waals surface area (Å²) in [6.45, 7) is 6.02. The highest BCUT2D eigenvalue weighted by atomic mass is 15.0. The van der Waals surface area contributed by atoms with Crippen LogP contribution in [0.15, 0.2) is 6.07 Å². The lowest BCUT2D eigenvalue weighted by Crippen LogP contribution is -2.16. The third-order valence-corrected chi connectivity index (χ3v) is 2.07. The van der Waals surface area contributed by atoms with Crippen molar-refractivity contribution in [2.45, 2.75) is 39.7 Å². The Morgan fingerprint density at radius 3 is 2.87 bits per heavy atom. The molecular formula is C12H17N3. The number of aryl methyl sites for hydroxylation is 2. The molecule has 1 rings (SSSR count). The molecule has 80 valence electrons. The summed E-state index contributed by atoms with van der Waals surface area (Å²) in [5, 5.41) is 3.26. The van der Waals surface area contributed by atoms with Gasteiger partial charge in [0.1, 0.15) is 11.6 Å². The highest BCUT2D eigenvalue weighted by Crippen LogP contribution is 2.09. The van der Waals surface area contributed by atoms with E-state index in [1.807, 2.05) is 19.9 Å². The normalized spacial score (nSPS) is 11.9. The second-order valence-electron chi connectivity index (χ2n) is 3.60. The number of anilines is 1. The van der Waals surface area contributed by atoms with E-state index in [9.17, 15) is 0 Å². The molecule has 0 saturated carbocycles. The van der Waals surface area contributed by atoms with Crippen LogP contribution in [-0.4, -0.2) is 16.0 Å². The lowest BCUT2D eigenvalue weighted by Gasteiger charge is -2.12. The number of terminal acetylenes is 1. The van der Waals surface area contributed by atoms with Gasteiger partial charge < -0.3 is 5.32 Å². The van der Waals surface area contributed by atoms with Crippen molar-refractivity contribution in [1.29, 1.82) is 0 Å². The number of aromatic nitrogens is 2. The molecule has 0 radical (unpaired) electrons. The summed E-state index contributed by atoms with van der Waals surface area (Å²) in [6.07, 6.45) is 6.86. The highest BCUT2D eigenvalue weighted by Gasteiger charge is 2.03. The molecule has 3 nitrogen and oxygen atoms in total. The fourth-order valence-electron chi connectivity index (χ4n) is 1.36. The summed E-state index contributed by atoms with van der Waals surface area (Å²) in [6, 6.07) is 2.22. The van der Waals surface area contributed by atoms with Gasteiger partial charge in [0.15, 0.2) is 0 Å². The van der Waals surface area contributed by atoms with Gasteiger partial charge in [0.05, 0.1) is 0 Å². The van der Waals surface area contributed by atoms with Crippen LogP contribution >= 0.6 is 0 Å². The molecule has 0 fully saturated rings. The number of rotatable bonds is 4. The van der Waals surface area contributed by atoms with Crippen molar-refractivity contribution in [2.24, 2.45) is 0 Å². The van der Waals surface area contributed by atoms with Crippen LogP contribution in [0.3, 0.4) is 0 Å². The van der Waals surface area contributed by atoms with E-state index < -0.39 is 0 Å². The van der Waals surface area contributed by atoms with Crippen LogP contribution in [0.5, 0.6) is 0 Å². The standard InChI is InChI=1S/C12H17N3/c1-5-7-9(3)13-12-8-11(6-2)14-10(4)15-12/h1,8-9H,6-7H2,2-4H3,(H,13,14,15). The van der Waals surface area contributed by atoms with Gasteiger partial charge in [-0.15, -0.1) is 12.3 Å². The maximum atomic E-state index is 5.25. The maximum Gasteiger partial charge on any atom is 0.130 e. The minimum atomic E-state index is 0.244. The quantitative estimate of drug-likeness (QED) is 0.762. The fraction of sp³-hybridized carbons (Fsp3) is 0.500. The number of hydrogen-bond acceptors (Lipinski definition) is 3. The van der Waals surface area contributed by atoms with Crippen LogP contribution in [0.1, 0.15) is 31.8 Å². The van der Waals surface area contributed by atoms with Crippen molar-refractivity contribution < 1.29 is 0 Å². The van der Waals surface area contributed by atoms with Crippen LogP contribution < -0.4 is 5.32 Å². The summed E-state index contributed by atoms with van der Waals surface area (Å²) in [7, 11) is 0. The van der Waals surface area contributed by atoms with Gasteiger partial charge in [0, 0.05) is 24.2 Å². The van der Waals surface area contributed by atoms with Crippen LogP contribution in [0.2, 0.25) is 0 Å². The van der Waals surface area contributed by atoms with Crippen molar-refractivity contribution >= 4 is 5.82 Å². The molecule has 3 heteroatoms. The first-order valence-corrected chi connectivity index (χ1v) is 5.20. The third-order valence-electron chi connectivity index (χ3n) is 2.07. The molecule has 1 aromatic rings. The second kappa shape index (κ2) is 5.35. The Morgan fingerprint density at radius 2 is 2.27 bits per heavy atom. The SMILES string of the molecule is C#CCC(C)Nc1cc(CC)nc(C)n1. The summed E-state index contributed by atoms with van der Waals surface area (Å²) < 4.78 is 0. The maximum absolute atomic E-state index is 5.25. The number of nitrogens with zero attached hydrogens (tertiary/aromatic N) is 2. The molecule has 0 aliphatic carbocycles. The molecule has 0 saturated heterocycles. The Labute approximate surface area is 91.3 Å². The van der Waals surface area contributed by atoms with Crippen molar-refractivity contribution in [1.82, 2.24) is 9.97 Å². The lowest BCUT2D eigenvalue weighted by molar-refractivity contribution is 0.814. The minimum Gasteiger partial charge on any atom is -0.367 e. The molecule has 0 bridgehead atoms. The van der Waals surface area contributed by atoms with Crippen molar-refractivity contribution in [3.8, 4) is 12.3 Å². The average molecular weight is 203 g/mol. The molecule has 1 heterocycles. The van der Waals surface area contributed by atoms with Crippen LogP contribution in [0.4, 0.5) is 5.82 Å².